The summed E-state index contributed by atoms with van der Waals surface area (Å²) in [7, 11) is 0. The molecule has 2 aliphatic rings. The van der Waals surface area contributed by atoms with Crippen molar-refractivity contribution in [1.29, 1.82) is 0 Å². The predicted octanol–water partition coefficient (Wildman–Crippen LogP) is 3.01. The summed E-state index contributed by atoms with van der Waals surface area (Å²) in [4.78, 5) is 14.6. The number of likely N-dealkylation sites (tertiary alicyclic amines) is 1. The van der Waals surface area contributed by atoms with E-state index in [0.717, 1.165) is 49.3 Å². The molecule has 4 heteroatoms. The zero-order chi connectivity index (χ0) is 15.9. The van der Waals surface area contributed by atoms with Crippen LogP contribution in [-0.2, 0) is 6.42 Å². The first-order valence-corrected chi connectivity index (χ1v) is 9.10. The molecule has 1 fully saturated rings. The SMILES string of the molecule is O=C1NCCCc2c(OCCCCN3CCCCC3)cccc21. The van der Waals surface area contributed by atoms with Gasteiger partial charge in [0.25, 0.3) is 5.91 Å². The van der Waals surface area contributed by atoms with Gasteiger partial charge in [-0.15, -0.1) is 0 Å². The van der Waals surface area contributed by atoms with Crippen LogP contribution >= 0.6 is 0 Å². The van der Waals surface area contributed by atoms with Crippen LogP contribution in [0.1, 0.15) is 54.4 Å². The van der Waals surface area contributed by atoms with Crippen molar-refractivity contribution in [2.45, 2.75) is 44.9 Å². The Labute approximate surface area is 139 Å². The Balaban J connectivity index is 1.47. The van der Waals surface area contributed by atoms with E-state index >= 15 is 0 Å². The Hall–Kier alpha value is -1.55. The third-order valence-electron chi connectivity index (χ3n) is 4.84. The van der Waals surface area contributed by atoms with E-state index in [1.54, 1.807) is 0 Å². The lowest BCUT2D eigenvalue weighted by molar-refractivity contribution is 0.0955. The molecule has 0 aliphatic carbocycles. The fourth-order valence-corrected chi connectivity index (χ4v) is 3.54. The van der Waals surface area contributed by atoms with Crippen molar-refractivity contribution in [3.05, 3.63) is 29.3 Å². The number of ether oxygens (including phenoxy) is 1. The quantitative estimate of drug-likeness (QED) is 0.820. The number of fused-ring (bicyclic) bond motifs is 1. The lowest BCUT2D eigenvalue weighted by atomic mass is 10.0. The molecule has 2 aliphatic heterocycles. The zero-order valence-corrected chi connectivity index (χ0v) is 14.0. The highest BCUT2D eigenvalue weighted by molar-refractivity contribution is 5.96. The molecule has 126 valence electrons. The molecule has 0 spiro atoms. The van der Waals surface area contributed by atoms with Gasteiger partial charge in [0.2, 0.25) is 0 Å². The highest BCUT2D eigenvalue weighted by Gasteiger charge is 2.18. The average molecular weight is 316 g/mol. The van der Waals surface area contributed by atoms with E-state index in [-0.39, 0.29) is 5.91 Å². The van der Waals surface area contributed by atoms with Crippen LogP contribution in [0.5, 0.6) is 5.75 Å². The molecular weight excluding hydrogens is 288 g/mol. The smallest absolute Gasteiger partial charge is 0.251 e. The van der Waals surface area contributed by atoms with Gasteiger partial charge in [-0.1, -0.05) is 12.5 Å². The van der Waals surface area contributed by atoms with Crippen molar-refractivity contribution in [3.63, 3.8) is 0 Å². The Bertz CT molecular complexity index is 524. The van der Waals surface area contributed by atoms with Crippen LogP contribution in [0.25, 0.3) is 0 Å². The van der Waals surface area contributed by atoms with Gasteiger partial charge < -0.3 is 15.0 Å². The summed E-state index contributed by atoms with van der Waals surface area (Å²) in [5, 5.41) is 2.94. The lowest BCUT2D eigenvalue weighted by Gasteiger charge is -2.26. The van der Waals surface area contributed by atoms with Gasteiger partial charge in [-0.2, -0.15) is 0 Å². The molecule has 1 aromatic rings. The number of amides is 1. The van der Waals surface area contributed by atoms with Crippen LogP contribution in [0.2, 0.25) is 0 Å². The molecule has 2 heterocycles. The van der Waals surface area contributed by atoms with Crippen molar-refractivity contribution in [1.82, 2.24) is 10.2 Å². The molecule has 0 saturated carbocycles. The molecule has 1 aromatic carbocycles. The Morgan fingerprint density at radius 1 is 1.09 bits per heavy atom. The molecule has 0 unspecified atom stereocenters. The summed E-state index contributed by atoms with van der Waals surface area (Å²) < 4.78 is 6.00. The van der Waals surface area contributed by atoms with Crippen molar-refractivity contribution in [3.8, 4) is 5.75 Å². The topological polar surface area (TPSA) is 41.6 Å². The van der Waals surface area contributed by atoms with E-state index in [9.17, 15) is 4.79 Å². The number of benzene rings is 1. The second-order valence-corrected chi connectivity index (χ2v) is 6.60. The Kier molecular flexibility index (Phi) is 5.92. The number of unbranched alkanes of at least 4 members (excludes halogenated alkanes) is 1. The van der Waals surface area contributed by atoms with Gasteiger partial charge in [-0.3, -0.25) is 4.79 Å². The maximum atomic E-state index is 12.0. The largest absolute Gasteiger partial charge is 0.493 e. The molecule has 1 amide bonds. The number of hydrogen-bond donors (Lipinski definition) is 1. The molecule has 1 saturated heterocycles. The van der Waals surface area contributed by atoms with E-state index in [4.69, 9.17) is 4.74 Å². The number of piperidine rings is 1. The number of carbonyl (C=O) groups excluding carboxylic acids is 1. The van der Waals surface area contributed by atoms with Crippen LogP contribution in [-0.4, -0.2) is 43.6 Å². The lowest BCUT2D eigenvalue weighted by Crippen LogP contribution is -2.30. The second-order valence-electron chi connectivity index (χ2n) is 6.60. The third-order valence-corrected chi connectivity index (χ3v) is 4.84. The number of carbonyl (C=O) groups is 1. The molecule has 23 heavy (non-hydrogen) atoms. The average Bonchev–Trinajstić information content (AvgIpc) is 2.78. The molecule has 0 bridgehead atoms. The van der Waals surface area contributed by atoms with Crippen LogP contribution < -0.4 is 10.1 Å². The van der Waals surface area contributed by atoms with Crippen molar-refractivity contribution in [2.75, 3.05) is 32.8 Å². The van der Waals surface area contributed by atoms with Gasteiger partial charge in [-0.05, 0) is 70.3 Å². The van der Waals surface area contributed by atoms with Crippen LogP contribution in [0.3, 0.4) is 0 Å². The Morgan fingerprint density at radius 3 is 2.83 bits per heavy atom. The normalized spacial score (nSPS) is 18.9. The van der Waals surface area contributed by atoms with E-state index in [1.165, 1.54) is 45.3 Å². The van der Waals surface area contributed by atoms with Gasteiger partial charge in [0, 0.05) is 17.7 Å². The minimum atomic E-state index is 0.0352. The highest BCUT2D eigenvalue weighted by atomic mass is 16.5. The molecule has 0 atom stereocenters. The summed E-state index contributed by atoms with van der Waals surface area (Å²) in [5.74, 6) is 0.936. The van der Waals surface area contributed by atoms with Gasteiger partial charge >= 0.3 is 0 Å². The first-order valence-electron chi connectivity index (χ1n) is 9.10. The molecule has 3 rings (SSSR count). The predicted molar refractivity (Wildman–Crippen MR) is 92.1 cm³/mol. The molecule has 0 aromatic heterocycles. The first kappa shape index (κ1) is 16.3. The zero-order valence-electron chi connectivity index (χ0n) is 14.0. The summed E-state index contributed by atoms with van der Waals surface area (Å²) in [5.41, 5.74) is 1.87. The van der Waals surface area contributed by atoms with Crippen molar-refractivity contribution < 1.29 is 9.53 Å². The second kappa shape index (κ2) is 8.34. The van der Waals surface area contributed by atoms with Gasteiger partial charge in [0.1, 0.15) is 5.75 Å². The maximum Gasteiger partial charge on any atom is 0.251 e. The summed E-state index contributed by atoms with van der Waals surface area (Å²) in [6.07, 6.45) is 8.27. The minimum Gasteiger partial charge on any atom is -0.493 e. The number of hydrogen-bond acceptors (Lipinski definition) is 3. The van der Waals surface area contributed by atoms with Gasteiger partial charge in [0.15, 0.2) is 0 Å². The van der Waals surface area contributed by atoms with E-state index < -0.39 is 0 Å². The standard InChI is InChI=1S/C19H28N2O2/c22-19-17-8-6-10-18(16(17)9-7-11-20-19)23-15-5-4-14-21-12-2-1-3-13-21/h6,8,10H,1-5,7,9,11-15H2,(H,20,22). The van der Waals surface area contributed by atoms with Crippen molar-refractivity contribution in [2.24, 2.45) is 0 Å². The van der Waals surface area contributed by atoms with Crippen LogP contribution in [0.4, 0.5) is 0 Å². The van der Waals surface area contributed by atoms with Gasteiger partial charge in [-0.25, -0.2) is 0 Å². The fourth-order valence-electron chi connectivity index (χ4n) is 3.54. The molecule has 0 radical (unpaired) electrons. The number of nitrogens with zero attached hydrogens (tertiary/aromatic N) is 1. The van der Waals surface area contributed by atoms with Crippen molar-refractivity contribution >= 4 is 5.91 Å². The Morgan fingerprint density at radius 2 is 1.96 bits per heavy atom. The molecule has 1 N–H and O–H groups in total. The summed E-state index contributed by atoms with van der Waals surface area (Å²) in [6.45, 7) is 5.22. The first-order chi connectivity index (χ1) is 11.3. The number of rotatable bonds is 6. The number of nitrogens with one attached hydrogen (secondary N) is 1. The third kappa shape index (κ3) is 4.47. The summed E-state index contributed by atoms with van der Waals surface area (Å²) >= 11 is 0. The monoisotopic (exact) mass is 316 g/mol. The molecular formula is C19H28N2O2. The maximum absolute atomic E-state index is 12.0. The van der Waals surface area contributed by atoms with E-state index in [1.807, 2.05) is 18.2 Å². The van der Waals surface area contributed by atoms with Crippen LogP contribution in [0, 0.1) is 0 Å². The van der Waals surface area contributed by atoms with E-state index in [0.29, 0.717) is 0 Å². The van der Waals surface area contributed by atoms with Gasteiger partial charge in [0.05, 0.1) is 6.61 Å². The van der Waals surface area contributed by atoms with E-state index in [2.05, 4.69) is 10.2 Å². The summed E-state index contributed by atoms with van der Waals surface area (Å²) in [6, 6.07) is 5.83. The van der Waals surface area contributed by atoms with Crippen LogP contribution in [0.15, 0.2) is 18.2 Å². The highest BCUT2D eigenvalue weighted by Crippen LogP contribution is 2.26. The molecule has 4 nitrogen and oxygen atoms in total. The minimum absolute atomic E-state index is 0.0352. The fraction of sp³-hybridized carbons (Fsp3) is 0.632.